The summed E-state index contributed by atoms with van der Waals surface area (Å²) in [5.41, 5.74) is 2.05. The van der Waals surface area contributed by atoms with Crippen molar-refractivity contribution in [1.29, 1.82) is 0 Å². The maximum absolute atomic E-state index is 13.3. The number of carboxylic acids is 1. The minimum Gasteiger partial charge on any atom is -0.494 e. The van der Waals surface area contributed by atoms with Crippen molar-refractivity contribution in [1.82, 2.24) is 0 Å². The SMILES string of the molecule is CCOC(=O)C1CN(C2CC2)c2c(ccc(-c3cc4c(s3)CCCC4(C)C(=O)O)c2OC)C1=O. The largest absolute Gasteiger partial charge is 0.494 e. The van der Waals surface area contributed by atoms with Gasteiger partial charge >= 0.3 is 11.9 Å². The van der Waals surface area contributed by atoms with Crippen molar-refractivity contribution in [2.75, 3.05) is 25.2 Å². The smallest absolute Gasteiger partial charge is 0.318 e. The van der Waals surface area contributed by atoms with Crippen LogP contribution in [0.1, 0.15) is 60.3 Å². The number of carboxylic acid groups (broad SMARTS) is 1. The average Bonchev–Trinajstić information content (AvgIpc) is 3.56. The molecule has 0 radical (unpaired) electrons. The highest BCUT2D eigenvalue weighted by molar-refractivity contribution is 7.15. The maximum atomic E-state index is 13.3. The van der Waals surface area contributed by atoms with E-state index in [-0.39, 0.29) is 25.0 Å². The number of hydrogen-bond acceptors (Lipinski definition) is 7. The van der Waals surface area contributed by atoms with Gasteiger partial charge < -0.3 is 19.5 Å². The normalized spacial score (nSPS) is 23.8. The molecule has 1 aromatic carbocycles. The zero-order valence-electron chi connectivity index (χ0n) is 19.7. The van der Waals surface area contributed by atoms with Gasteiger partial charge in [-0.3, -0.25) is 14.4 Å². The van der Waals surface area contributed by atoms with E-state index in [0.717, 1.165) is 52.3 Å². The van der Waals surface area contributed by atoms with Crippen molar-refractivity contribution in [3.8, 4) is 16.2 Å². The van der Waals surface area contributed by atoms with E-state index in [1.54, 1.807) is 38.4 Å². The second-order valence-electron chi connectivity index (χ2n) is 9.53. The summed E-state index contributed by atoms with van der Waals surface area (Å²) in [4.78, 5) is 42.1. The van der Waals surface area contributed by atoms with Gasteiger partial charge in [-0.1, -0.05) is 0 Å². The molecule has 180 valence electrons. The molecule has 1 aromatic heterocycles. The zero-order valence-corrected chi connectivity index (χ0v) is 20.5. The van der Waals surface area contributed by atoms with Crippen LogP contribution in [0.3, 0.4) is 0 Å². The molecule has 5 rings (SSSR count). The average molecular weight is 484 g/mol. The summed E-state index contributed by atoms with van der Waals surface area (Å²) in [5.74, 6) is -1.75. The van der Waals surface area contributed by atoms with Crippen LogP contribution in [0.4, 0.5) is 5.69 Å². The number of benzene rings is 1. The van der Waals surface area contributed by atoms with Gasteiger partial charge in [0.1, 0.15) is 5.92 Å². The molecule has 3 aliphatic rings. The molecular formula is C26H29NO6S. The molecule has 2 aliphatic carbocycles. The number of anilines is 1. The van der Waals surface area contributed by atoms with Crippen LogP contribution in [0, 0.1) is 5.92 Å². The van der Waals surface area contributed by atoms with E-state index in [9.17, 15) is 19.5 Å². The van der Waals surface area contributed by atoms with Gasteiger partial charge in [0.2, 0.25) is 0 Å². The molecule has 2 heterocycles. The van der Waals surface area contributed by atoms with Crippen LogP contribution in [0.2, 0.25) is 0 Å². The molecule has 2 aromatic rings. The first kappa shape index (κ1) is 22.9. The second kappa shape index (κ2) is 8.41. The van der Waals surface area contributed by atoms with Crippen LogP contribution in [0.15, 0.2) is 18.2 Å². The topological polar surface area (TPSA) is 93.1 Å². The van der Waals surface area contributed by atoms with Crippen LogP contribution in [0.5, 0.6) is 5.75 Å². The molecule has 2 atom stereocenters. The van der Waals surface area contributed by atoms with Crippen LogP contribution < -0.4 is 9.64 Å². The van der Waals surface area contributed by atoms with Crippen LogP contribution in [0.25, 0.3) is 10.4 Å². The van der Waals surface area contributed by atoms with E-state index >= 15 is 0 Å². The molecule has 1 N–H and O–H groups in total. The Kier molecular flexibility index (Phi) is 5.67. The van der Waals surface area contributed by atoms with Crippen molar-refractivity contribution in [3.63, 3.8) is 0 Å². The predicted molar refractivity (Wildman–Crippen MR) is 129 cm³/mol. The number of aliphatic carboxylic acids is 1. The lowest BCUT2D eigenvalue weighted by molar-refractivity contribution is -0.146. The number of rotatable bonds is 6. The Bertz CT molecular complexity index is 1180. The Morgan fingerprint density at radius 3 is 2.65 bits per heavy atom. The minimum atomic E-state index is -0.896. The fraction of sp³-hybridized carbons (Fsp3) is 0.500. The highest BCUT2D eigenvalue weighted by Crippen LogP contribution is 2.51. The summed E-state index contributed by atoms with van der Waals surface area (Å²) >= 11 is 1.61. The van der Waals surface area contributed by atoms with Gasteiger partial charge in [0.15, 0.2) is 11.5 Å². The Hall–Kier alpha value is -2.87. The van der Waals surface area contributed by atoms with Crippen molar-refractivity contribution < 1.29 is 29.0 Å². The molecule has 2 unspecified atom stereocenters. The number of nitrogens with zero attached hydrogens (tertiary/aromatic N) is 1. The molecule has 7 nitrogen and oxygen atoms in total. The Labute approximate surface area is 202 Å². The fourth-order valence-corrected chi connectivity index (χ4v) is 6.68. The van der Waals surface area contributed by atoms with Gasteiger partial charge in [0.25, 0.3) is 0 Å². The van der Waals surface area contributed by atoms with Crippen LogP contribution >= 0.6 is 11.3 Å². The molecule has 34 heavy (non-hydrogen) atoms. The standard InChI is InChI=1S/C26H29NO6S/c1-4-33-24(29)17-13-27(14-7-8-14)21-16(22(17)28)10-9-15(23(21)32-3)20-12-18-19(34-20)6-5-11-26(18,2)25(30)31/h9-10,12,14,17H,4-8,11,13H2,1-3H3,(H,30,31). The van der Waals surface area contributed by atoms with Crippen molar-refractivity contribution in [2.45, 2.75) is 57.4 Å². The van der Waals surface area contributed by atoms with Crippen LogP contribution in [-0.2, 0) is 26.2 Å². The van der Waals surface area contributed by atoms with Gasteiger partial charge in [-0.2, -0.15) is 0 Å². The van der Waals surface area contributed by atoms with Gasteiger partial charge in [-0.25, -0.2) is 0 Å². The van der Waals surface area contributed by atoms with E-state index < -0.39 is 23.3 Å². The quantitative estimate of drug-likeness (QED) is 0.479. The number of carbonyl (C=O) groups is 3. The molecule has 0 bridgehead atoms. The Morgan fingerprint density at radius 2 is 2.00 bits per heavy atom. The number of thiophene rings is 1. The third-order valence-electron chi connectivity index (χ3n) is 7.36. The summed E-state index contributed by atoms with van der Waals surface area (Å²) in [6.45, 7) is 4.06. The molecule has 8 heteroatoms. The summed E-state index contributed by atoms with van der Waals surface area (Å²) in [6.07, 6.45) is 4.33. The van der Waals surface area contributed by atoms with E-state index in [1.165, 1.54) is 0 Å². The number of methoxy groups -OCH3 is 1. The molecule has 0 saturated heterocycles. The van der Waals surface area contributed by atoms with Crippen molar-refractivity contribution in [3.05, 3.63) is 34.2 Å². The molecule has 1 fully saturated rings. The molecule has 0 amide bonds. The minimum absolute atomic E-state index is 0.236. The first-order chi connectivity index (χ1) is 16.3. The number of esters is 1. The summed E-state index contributed by atoms with van der Waals surface area (Å²) in [5, 5.41) is 9.92. The zero-order chi connectivity index (χ0) is 24.2. The molecule has 1 saturated carbocycles. The predicted octanol–water partition coefficient (Wildman–Crippen LogP) is 4.45. The van der Waals surface area contributed by atoms with E-state index in [1.807, 2.05) is 12.1 Å². The molecular weight excluding hydrogens is 454 g/mol. The lowest BCUT2D eigenvalue weighted by Gasteiger charge is -2.36. The van der Waals surface area contributed by atoms with Gasteiger partial charge in [-0.05, 0) is 69.7 Å². The van der Waals surface area contributed by atoms with Crippen LogP contribution in [-0.4, -0.2) is 49.1 Å². The van der Waals surface area contributed by atoms with Crippen molar-refractivity contribution >= 4 is 34.7 Å². The number of aryl methyl sites for hydroxylation is 1. The third kappa shape index (κ3) is 3.50. The lowest BCUT2D eigenvalue weighted by Crippen LogP contribution is -2.44. The van der Waals surface area contributed by atoms with E-state index in [0.29, 0.717) is 17.7 Å². The Balaban J connectivity index is 1.63. The maximum Gasteiger partial charge on any atom is 0.318 e. The summed E-state index contributed by atoms with van der Waals surface area (Å²) in [6, 6.07) is 5.90. The lowest BCUT2D eigenvalue weighted by atomic mass is 9.74. The van der Waals surface area contributed by atoms with Gasteiger partial charge in [0.05, 0.1) is 24.8 Å². The first-order valence-electron chi connectivity index (χ1n) is 11.9. The number of hydrogen-bond donors (Lipinski definition) is 1. The van der Waals surface area contributed by atoms with Gasteiger partial charge in [-0.15, -0.1) is 11.3 Å². The van der Waals surface area contributed by atoms with Crippen molar-refractivity contribution in [2.24, 2.45) is 5.92 Å². The van der Waals surface area contributed by atoms with Gasteiger partial charge in [0, 0.05) is 33.5 Å². The highest BCUT2D eigenvalue weighted by atomic mass is 32.1. The number of carbonyl (C=O) groups excluding carboxylic acids is 2. The number of ether oxygens (including phenoxy) is 2. The first-order valence-corrected chi connectivity index (χ1v) is 12.7. The number of fused-ring (bicyclic) bond motifs is 2. The molecule has 0 spiro atoms. The summed E-state index contributed by atoms with van der Waals surface area (Å²) < 4.78 is 11.1. The monoisotopic (exact) mass is 483 g/mol. The number of Topliss-reactive ketones (excluding diaryl/α,β-unsaturated/α-hetero) is 1. The fourth-order valence-electron chi connectivity index (χ4n) is 5.33. The molecule has 1 aliphatic heterocycles. The summed E-state index contributed by atoms with van der Waals surface area (Å²) in [7, 11) is 1.60. The third-order valence-corrected chi connectivity index (χ3v) is 8.59. The number of ketones is 1. The van der Waals surface area contributed by atoms with E-state index in [4.69, 9.17) is 9.47 Å². The Morgan fingerprint density at radius 1 is 1.26 bits per heavy atom. The second-order valence-corrected chi connectivity index (χ2v) is 10.7. The highest BCUT2D eigenvalue weighted by Gasteiger charge is 2.45. The van der Waals surface area contributed by atoms with E-state index in [2.05, 4.69) is 4.90 Å².